The van der Waals surface area contributed by atoms with Crippen LogP contribution in [0.1, 0.15) is 27.0 Å². The van der Waals surface area contributed by atoms with Gasteiger partial charge in [0.2, 0.25) is 5.78 Å². The van der Waals surface area contributed by atoms with Gasteiger partial charge in [0.05, 0.1) is 22.3 Å². The van der Waals surface area contributed by atoms with Crippen LogP contribution in [0.3, 0.4) is 0 Å². The third kappa shape index (κ3) is 3.74. The molecule has 2 heterocycles. The molecule has 3 aromatic carbocycles. The van der Waals surface area contributed by atoms with Crippen molar-refractivity contribution in [2.75, 3.05) is 5.75 Å². The zero-order valence-electron chi connectivity index (χ0n) is 18.6. The fraction of sp³-hybridized carbons (Fsp3) is 0.154. The average Bonchev–Trinajstić information content (AvgIpc) is 3.22. The number of rotatable bonds is 5. The van der Waals surface area contributed by atoms with Crippen molar-refractivity contribution in [3.05, 3.63) is 99.3 Å². The topological polar surface area (TPSA) is 69.3 Å². The number of carbonyl (C=O) groups is 1. The fourth-order valence-electron chi connectivity index (χ4n) is 4.03. The van der Waals surface area contributed by atoms with Gasteiger partial charge in [0.15, 0.2) is 10.9 Å². The van der Waals surface area contributed by atoms with E-state index in [1.54, 1.807) is 10.6 Å². The van der Waals surface area contributed by atoms with Crippen LogP contribution in [-0.4, -0.2) is 30.7 Å². The first-order valence-electron chi connectivity index (χ1n) is 10.6. The number of hydrogen-bond donors (Lipinski definition) is 0. The highest BCUT2D eigenvalue weighted by molar-refractivity contribution is 7.99. The molecular weight excluding hydrogens is 432 g/mol. The molecule has 5 rings (SSSR count). The van der Waals surface area contributed by atoms with E-state index in [1.807, 2.05) is 85.8 Å². The fourth-order valence-corrected chi connectivity index (χ4v) is 4.86. The maximum Gasteiger partial charge on any atom is 0.267 e. The van der Waals surface area contributed by atoms with Crippen molar-refractivity contribution in [3.63, 3.8) is 0 Å². The minimum Gasteiger partial charge on any atom is -0.293 e. The summed E-state index contributed by atoms with van der Waals surface area (Å²) < 4.78 is 3.43. The Hall–Kier alpha value is -3.71. The van der Waals surface area contributed by atoms with E-state index in [2.05, 4.69) is 10.2 Å². The molecule has 0 aliphatic carbocycles. The first-order chi connectivity index (χ1) is 15.9. The predicted molar refractivity (Wildman–Crippen MR) is 132 cm³/mol. The molecular formula is C26H22N4O2S. The van der Waals surface area contributed by atoms with Crippen molar-refractivity contribution in [2.45, 2.75) is 25.9 Å². The Labute approximate surface area is 194 Å². The first-order valence-corrected chi connectivity index (χ1v) is 11.6. The summed E-state index contributed by atoms with van der Waals surface area (Å²) in [5, 5.41) is 9.84. The Bertz CT molecular complexity index is 1580. The molecule has 5 aromatic rings. The molecule has 6 nitrogen and oxygen atoms in total. The maximum absolute atomic E-state index is 13.4. The number of hydrogen-bond acceptors (Lipinski definition) is 5. The number of benzene rings is 3. The minimum absolute atomic E-state index is 0.0328. The summed E-state index contributed by atoms with van der Waals surface area (Å²) in [6.07, 6.45) is 0. The highest BCUT2D eigenvalue weighted by Gasteiger charge is 2.19. The lowest BCUT2D eigenvalue weighted by molar-refractivity contribution is 0.102. The smallest absolute Gasteiger partial charge is 0.267 e. The number of carbonyl (C=O) groups excluding carboxylic acids is 1. The average molecular weight is 455 g/mol. The third-order valence-electron chi connectivity index (χ3n) is 5.70. The first kappa shape index (κ1) is 21.2. The van der Waals surface area contributed by atoms with Gasteiger partial charge in [-0.15, -0.1) is 10.2 Å². The van der Waals surface area contributed by atoms with Crippen LogP contribution in [0.4, 0.5) is 0 Å². The van der Waals surface area contributed by atoms with Gasteiger partial charge in [0.25, 0.3) is 5.56 Å². The van der Waals surface area contributed by atoms with Crippen LogP contribution in [0, 0.1) is 20.8 Å². The SMILES string of the molecule is Cc1ccc(-n2c(=O)c3ccccc3n3c(SCC(=O)c4ccc(C)cc4C)nnc23)cc1. The van der Waals surface area contributed by atoms with Crippen LogP contribution in [0.25, 0.3) is 22.4 Å². The predicted octanol–water partition coefficient (Wildman–Crippen LogP) is 4.93. The second kappa shape index (κ2) is 8.33. The molecule has 0 N–H and O–H groups in total. The quantitative estimate of drug-likeness (QED) is 0.278. The lowest BCUT2D eigenvalue weighted by atomic mass is 10.0. The van der Waals surface area contributed by atoms with Crippen LogP contribution in [-0.2, 0) is 0 Å². The Balaban J connectivity index is 1.62. The van der Waals surface area contributed by atoms with Gasteiger partial charge in [0, 0.05) is 5.56 Å². The van der Waals surface area contributed by atoms with E-state index in [1.165, 1.54) is 11.8 Å². The summed E-state index contributed by atoms with van der Waals surface area (Å²) in [7, 11) is 0. The third-order valence-corrected chi connectivity index (χ3v) is 6.63. The van der Waals surface area contributed by atoms with Gasteiger partial charge >= 0.3 is 0 Å². The molecule has 0 atom stereocenters. The Morgan fingerprint density at radius 3 is 2.39 bits per heavy atom. The number of thioether (sulfide) groups is 1. The normalized spacial score (nSPS) is 11.4. The van der Waals surface area contributed by atoms with E-state index >= 15 is 0 Å². The number of Topliss-reactive ketones (excluding diaryl/α,β-unsaturated/α-hetero) is 1. The van der Waals surface area contributed by atoms with E-state index in [9.17, 15) is 9.59 Å². The zero-order valence-corrected chi connectivity index (χ0v) is 19.4. The van der Waals surface area contributed by atoms with E-state index in [4.69, 9.17) is 0 Å². The molecule has 0 aliphatic heterocycles. The van der Waals surface area contributed by atoms with Gasteiger partial charge in [-0.25, -0.2) is 4.57 Å². The van der Waals surface area contributed by atoms with Gasteiger partial charge in [-0.05, 0) is 50.6 Å². The number of aromatic nitrogens is 4. The molecule has 0 saturated heterocycles. The van der Waals surface area contributed by atoms with Gasteiger partial charge in [-0.1, -0.05) is 65.4 Å². The number of nitrogens with zero attached hydrogens (tertiary/aromatic N) is 4. The monoisotopic (exact) mass is 454 g/mol. The van der Waals surface area contributed by atoms with Crippen LogP contribution in [0.5, 0.6) is 0 Å². The largest absolute Gasteiger partial charge is 0.293 e. The minimum atomic E-state index is -0.155. The van der Waals surface area contributed by atoms with Crippen LogP contribution in [0.15, 0.2) is 76.7 Å². The van der Waals surface area contributed by atoms with Crippen molar-refractivity contribution in [3.8, 4) is 5.69 Å². The summed E-state index contributed by atoms with van der Waals surface area (Å²) in [6.45, 7) is 5.96. The van der Waals surface area contributed by atoms with Crippen molar-refractivity contribution in [1.29, 1.82) is 0 Å². The summed E-state index contributed by atoms with van der Waals surface area (Å²) in [5.74, 6) is 0.678. The molecule has 7 heteroatoms. The number of para-hydroxylation sites is 1. The van der Waals surface area contributed by atoms with Crippen LogP contribution in [0.2, 0.25) is 0 Å². The molecule has 33 heavy (non-hydrogen) atoms. The highest BCUT2D eigenvalue weighted by atomic mass is 32.2. The lowest BCUT2D eigenvalue weighted by Crippen LogP contribution is -2.21. The molecule has 0 bridgehead atoms. The molecule has 0 aliphatic rings. The molecule has 2 aromatic heterocycles. The zero-order chi connectivity index (χ0) is 23.1. The molecule has 0 saturated carbocycles. The molecule has 0 spiro atoms. The summed E-state index contributed by atoms with van der Waals surface area (Å²) in [4.78, 5) is 26.3. The van der Waals surface area contributed by atoms with E-state index in [-0.39, 0.29) is 17.1 Å². The molecule has 164 valence electrons. The van der Waals surface area contributed by atoms with Gasteiger partial charge in [-0.3, -0.25) is 14.0 Å². The maximum atomic E-state index is 13.4. The number of fused-ring (bicyclic) bond motifs is 3. The molecule has 0 amide bonds. The standard InChI is InChI=1S/C26H22N4O2S/c1-16-8-11-19(12-9-16)29-24(32)21-6-4-5-7-22(21)30-25(29)27-28-26(30)33-15-23(31)20-13-10-17(2)14-18(20)3/h4-14H,15H2,1-3H3. The molecule has 0 fully saturated rings. The number of aryl methyl sites for hydroxylation is 3. The highest BCUT2D eigenvalue weighted by Crippen LogP contribution is 2.24. The summed E-state index contributed by atoms with van der Waals surface area (Å²) in [6, 6.07) is 21.0. The van der Waals surface area contributed by atoms with Crippen molar-refractivity contribution >= 4 is 34.2 Å². The van der Waals surface area contributed by atoms with E-state index in [0.29, 0.717) is 27.4 Å². The van der Waals surface area contributed by atoms with Gasteiger partial charge in [-0.2, -0.15) is 0 Å². The second-order valence-electron chi connectivity index (χ2n) is 8.14. The Morgan fingerprint density at radius 2 is 1.64 bits per heavy atom. The Morgan fingerprint density at radius 1 is 0.909 bits per heavy atom. The lowest BCUT2D eigenvalue weighted by Gasteiger charge is -2.11. The van der Waals surface area contributed by atoms with Crippen LogP contribution < -0.4 is 5.56 Å². The summed E-state index contributed by atoms with van der Waals surface area (Å²) in [5.41, 5.74) is 5.18. The van der Waals surface area contributed by atoms with Gasteiger partial charge < -0.3 is 0 Å². The van der Waals surface area contributed by atoms with Gasteiger partial charge in [0.1, 0.15) is 0 Å². The van der Waals surface area contributed by atoms with Crippen molar-refractivity contribution in [2.24, 2.45) is 0 Å². The molecule has 0 radical (unpaired) electrons. The number of ketones is 1. The van der Waals surface area contributed by atoms with Crippen LogP contribution >= 0.6 is 11.8 Å². The van der Waals surface area contributed by atoms with E-state index in [0.717, 1.165) is 22.4 Å². The molecule has 0 unspecified atom stereocenters. The van der Waals surface area contributed by atoms with Crippen molar-refractivity contribution in [1.82, 2.24) is 19.2 Å². The Kier molecular flexibility index (Phi) is 5.34. The van der Waals surface area contributed by atoms with Crippen molar-refractivity contribution < 1.29 is 4.79 Å². The van der Waals surface area contributed by atoms with E-state index < -0.39 is 0 Å². The summed E-state index contributed by atoms with van der Waals surface area (Å²) >= 11 is 1.32. The second-order valence-corrected chi connectivity index (χ2v) is 9.08.